The van der Waals surface area contributed by atoms with Gasteiger partial charge in [0.05, 0.1) is 12.2 Å². The number of aromatic carboxylic acids is 1. The molecule has 7 heteroatoms. The molecule has 0 bridgehead atoms. The molecule has 0 fully saturated rings. The van der Waals surface area contributed by atoms with Crippen molar-refractivity contribution in [2.45, 2.75) is 39.3 Å². The molecule has 0 aliphatic heterocycles. The predicted octanol–water partition coefficient (Wildman–Crippen LogP) is 2.51. The highest BCUT2D eigenvalue weighted by Gasteiger charge is 2.27. The molecule has 1 aromatic rings. The zero-order chi connectivity index (χ0) is 17.6. The Hall–Kier alpha value is -2.57. The zero-order valence-corrected chi connectivity index (χ0v) is 13.6. The molecule has 1 amide bonds. The molecular formula is C16H21NO6. The minimum atomic E-state index is -1.08. The number of hydrogen-bond donors (Lipinski definition) is 2. The monoisotopic (exact) mass is 323 g/mol. The van der Waals surface area contributed by atoms with Crippen LogP contribution in [0.4, 0.5) is 4.79 Å². The average molecular weight is 323 g/mol. The van der Waals surface area contributed by atoms with Crippen molar-refractivity contribution < 1.29 is 29.0 Å². The molecule has 0 heterocycles. The van der Waals surface area contributed by atoms with E-state index >= 15 is 0 Å². The van der Waals surface area contributed by atoms with E-state index in [1.54, 1.807) is 27.7 Å². The van der Waals surface area contributed by atoms with Gasteiger partial charge in [-0.15, -0.1) is 0 Å². The summed E-state index contributed by atoms with van der Waals surface area (Å²) in [7, 11) is 0. The maximum atomic E-state index is 12.1. The van der Waals surface area contributed by atoms with Crippen molar-refractivity contribution in [1.82, 2.24) is 5.32 Å². The Morgan fingerprint density at radius 3 is 2.17 bits per heavy atom. The van der Waals surface area contributed by atoms with Gasteiger partial charge < -0.3 is 19.9 Å². The summed E-state index contributed by atoms with van der Waals surface area (Å²) in [5, 5.41) is 11.3. The molecule has 0 radical (unpaired) electrons. The standard InChI is InChI=1S/C16H21NO6/c1-5-22-14(20)12(17-15(21)23-16(2,3)4)10-6-8-11(9-7-10)13(18)19/h6-9,12H,5H2,1-4H3,(H,17,21)(H,18,19). The summed E-state index contributed by atoms with van der Waals surface area (Å²) in [5.74, 6) is -1.73. The minimum absolute atomic E-state index is 0.0774. The van der Waals surface area contributed by atoms with Gasteiger partial charge >= 0.3 is 18.0 Å². The molecule has 0 aromatic heterocycles. The lowest BCUT2D eigenvalue weighted by molar-refractivity contribution is -0.145. The second-order valence-electron chi connectivity index (χ2n) is 5.76. The smallest absolute Gasteiger partial charge is 0.408 e. The lowest BCUT2D eigenvalue weighted by Crippen LogP contribution is -2.38. The van der Waals surface area contributed by atoms with Crippen molar-refractivity contribution in [1.29, 1.82) is 0 Å². The van der Waals surface area contributed by atoms with Crippen LogP contribution in [0.1, 0.15) is 49.7 Å². The van der Waals surface area contributed by atoms with Crippen LogP contribution >= 0.6 is 0 Å². The first kappa shape index (κ1) is 18.5. The van der Waals surface area contributed by atoms with E-state index in [1.165, 1.54) is 24.3 Å². The molecule has 1 atom stereocenters. The van der Waals surface area contributed by atoms with E-state index in [1.807, 2.05) is 0 Å². The van der Waals surface area contributed by atoms with Crippen molar-refractivity contribution >= 4 is 18.0 Å². The number of benzene rings is 1. The summed E-state index contributed by atoms with van der Waals surface area (Å²) >= 11 is 0. The summed E-state index contributed by atoms with van der Waals surface area (Å²) in [6.07, 6.45) is -0.766. The van der Waals surface area contributed by atoms with Crippen LogP contribution in [-0.2, 0) is 14.3 Å². The van der Waals surface area contributed by atoms with Crippen LogP contribution in [0.2, 0.25) is 0 Å². The van der Waals surface area contributed by atoms with Crippen LogP contribution in [0.3, 0.4) is 0 Å². The molecule has 1 rings (SSSR count). The number of carbonyl (C=O) groups excluding carboxylic acids is 2. The molecule has 126 valence electrons. The van der Waals surface area contributed by atoms with Crippen LogP contribution in [0.15, 0.2) is 24.3 Å². The normalized spacial score (nSPS) is 12.2. The molecule has 7 nitrogen and oxygen atoms in total. The Kier molecular flexibility index (Phi) is 6.12. The fourth-order valence-corrected chi connectivity index (χ4v) is 1.75. The first-order valence-electron chi connectivity index (χ1n) is 7.13. The molecule has 0 spiro atoms. The third-order valence-corrected chi connectivity index (χ3v) is 2.67. The third-order valence-electron chi connectivity index (χ3n) is 2.67. The van der Waals surface area contributed by atoms with Gasteiger partial charge in [0.25, 0.3) is 0 Å². The largest absolute Gasteiger partial charge is 0.478 e. The second-order valence-corrected chi connectivity index (χ2v) is 5.76. The van der Waals surface area contributed by atoms with E-state index in [4.69, 9.17) is 14.6 Å². The quantitative estimate of drug-likeness (QED) is 0.807. The molecule has 2 N–H and O–H groups in total. The number of carboxylic acids is 1. The number of amides is 1. The third kappa shape index (κ3) is 5.98. The highest BCUT2D eigenvalue weighted by Crippen LogP contribution is 2.17. The number of carbonyl (C=O) groups is 3. The SMILES string of the molecule is CCOC(=O)C(NC(=O)OC(C)(C)C)c1ccc(C(=O)O)cc1. The van der Waals surface area contributed by atoms with Gasteiger partial charge in [-0.25, -0.2) is 14.4 Å². The van der Waals surface area contributed by atoms with Crippen LogP contribution in [-0.4, -0.2) is 35.3 Å². The topological polar surface area (TPSA) is 102 Å². The number of carboxylic acid groups (broad SMARTS) is 1. The highest BCUT2D eigenvalue weighted by molar-refractivity contribution is 5.88. The van der Waals surface area contributed by atoms with Crippen LogP contribution in [0.5, 0.6) is 0 Å². The Morgan fingerprint density at radius 2 is 1.74 bits per heavy atom. The van der Waals surface area contributed by atoms with Crippen LogP contribution < -0.4 is 5.32 Å². The van der Waals surface area contributed by atoms with Gasteiger partial charge in [0.1, 0.15) is 5.60 Å². The first-order valence-corrected chi connectivity index (χ1v) is 7.13. The van der Waals surface area contributed by atoms with Gasteiger partial charge in [0, 0.05) is 0 Å². The molecule has 0 aliphatic carbocycles. The maximum absolute atomic E-state index is 12.1. The van der Waals surface area contributed by atoms with Gasteiger partial charge in [0.15, 0.2) is 6.04 Å². The summed E-state index contributed by atoms with van der Waals surface area (Å²) in [4.78, 5) is 34.8. The predicted molar refractivity (Wildman–Crippen MR) is 82.1 cm³/mol. The summed E-state index contributed by atoms with van der Waals surface area (Å²) < 4.78 is 10.1. The van der Waals surface area contributed by atoms with E-state index in [9.17, 15) is 14.4 Å². The molecular weight excluding hydrogens is 302 g/mol. The van der Waals surface area contributed by atoms with Crippen LogP contribution in [0.25, 0.3) is 0 Å². The van der Waals surface area contributed by atoms with Gasteiger partial charge in [-0.05, 0) is 45.4 Å². The maximum Gasteiger partial charge on any atom is 0.408 e. The van der Waals surface area contributed by atoms with Gasteiger partial charge in [0.2, 0.25) is 0 Å². The number of nitrogens with one attached hydrogen (secondary N) is 1. The fourth-order valence-electron chi connectivity index (χ4n) is 1.75. The first-order chi connectivity index (χ1) is 10.6. The number of rotatable bonds is 5. The Bertz CT molecular complexity index is 573. The highest BCUT2D eigenvalue weighted by atomic mass is 16.6. The lowest BCUT2D eigenvalue weighted by Gasteiger charge is -2.23. The van der Waals surface area contributed by atoms with Crippen LogP contribution in [0, 0.1) is 0 Å². The van der Waals surface area contributed by atoms with E-state index in [0.717, 1.165) is 0 Å². The van der Waals surface area contributed by atoms with Crippen molar-refractivity contribution in [2.24, 2.45) is 0 Å². The molecule has 1 unspecified atom stereocenters. The number of ether oxygens (including phenoxy) is 2. The Balaban J connectivity index is 2.98. The van der Waals surface area contributed by atoms with Crippen molar-refractivity contribution in [3.8, 4) is 0 Å². The Labute approximate surface area is 134 Å². The summed E-state index contributed by atoms with van der Waals surface area (Å²) in [6, 6.07) is 4.51. The average Bonchev–Trinajstić information content (AvgIpc) is 2.43. The number of esters is 1. The fraction of sp³-hybridized carbons (Fsp3) is 0.438. The zero-order valence-electron chi connectivity index (χ0n) is 13.6. The van der Waals surface area contributed by atoms with Gasteiger partial charge in [-0.2, -0.15) is 0 Å². The molecule has 1 aromatic carbocycles. The molecule has 0 saturated heterocycles. The minimum Gasteiger partial charge on any atom is -0.478 e. The Morgan fingerprint density at radius 1 is 1.17 bits per heavy atom. The van der Waals surface area contributed by atoms with Crippen molar-refractivity contribution in [3.63, 3.8) is 0 Å². The number of hydrogen-bond acceptors (Lipinski definition) is 5. The molecule has 0 saturated carbocycles. The van der Waals surface area contributed by atoms with E-state index in [-0.39, 0.29) is 12.2 Å². The van der Waals surface area contributed by atoms with Crippen molar-refractivity contribution in [2.75, 3.05) is 6.61 Å². The van der Waals surface area contributed by atoms with E-state index in [2.05, 4.69) is 5.32 Å². The van der Waals surface area contributed by atoms with Crippen molar-refractivity contribution in [3.05, 3.63) is 35.4 Å². The van der Waals surface area contributed by atoms with E-state index < -0.39 is 29.7 Å². The van der Waals surface area contributed by atoms with Gasteiger partial charge in [-0.3, -0.25) is 0 Å². The van der Waals surface area contributed by atoms with E-state index in [0.29, 0.717) is 5.56 Å². The summed E-state index contributed by atoms with van der Waals surface area (Å²) in [6.45, 7) is 6.91. The number of alkyl carbamates (subject to hydrolysis) is 1. The van der Waals surface area contributed by atoms with Gasteiger partial charge in [-0.1, -0.05) is 12.1 Å². The molecule has 23 heavy (non-hydrogen) atoms. The second kappa shape index (κ2) is 7.62. The molecule has 0 aliphatic rings. The lowest BCUT2D eigenvalue weighted by atomic mass is 10.0. The summed E-state index contributed by atoms with van der Waals surface area (Å²) in [5.41, 5.74) is -0.232.